The lowest BCUT2D eigenvalue weighted by atomic mass is 9.79. The van der Waals surface area contributed by atoms with Crippen LogP contribution in [0.5, 0.6) is 0 Å². The van der Waals surface area contributed by atoms with Gasteiger partial charge in [-0.05, 0) is 56.9 Å². The van der Waals surface area contributed by atoms with Crippen molar-refractivity contribution < 1.29 is 14.6 Å². The van der Waals surface area contributed by atoms with Crippen molar-refractivity contribution in [2.45, 2.75) is 38.5 Å². The van der Waals surface area contributed by atoms with E-state index in [1.54, 1.807) is 0 Å². The van der Waals surface area contributed by atoms with Crippen molar-refractivity contribution in [2.75, 3.05) is 33.4 Å². The first-order valence-corrected chi connectivity index (χ1v) is 8.09. The highest BCUT2D eigenvalue weighted by Gasteiger charge is 2.43. The van der Waals surface area contributed by atoms with E-state index < -0.39 is 11.4 Å². The fourth-order valence-corrected chi connectivity index (χ4v) is 4.78. The highest BCUT2D eigenvalue weighted by Crippen LogP contribution is 2.48. The molecule has 1 heterocycles. The standard InChI is InChI=1S/C16H27NO3/c1-17(10-14-9-12-2-3-13(14)8-12)11-16(15(18)19)4-6-20-7-5-16/h12-14H,2-11H2,1H3,(H,18,19). The van der Waals surface area contributed by atoms with Crippen molar-refractivity contribution in [3.63, 3.8) is 0 Å². The number of aliphatic carboxylic acids is 1. The number of hydrogen-bond acceptors (Lipinski definition) is 3. The molecule has 0 amide bonds. The van der Waals surface area contributed by atoms with Crippen LogP contribution in [0.15, 0.2) is 0 Å². The van der Waals surface area contributed by atoms with Crippen molar-refractivity contribution >= 4 is 5.97 Å². The minimum atomic E-state index is -0.638. The van der Waals surface area contributed by atoms with Gasteiger partial charge in [-0.2, -0.15) is 0 Å². The molecular weight excluding hydrogens is 254 g/mol. The van der Waals surface area contributed by atoms with Crippen LogP contribution < -0.4 is 0 Å². The molecule has 2 aliphatic carbocycles. The van der Waals surface area contributed by atoms with Crippen molar-refractivity contribution in [1.82, 2.24) is 4.90 Å². The average molecular weight is 281 g/mol. The molecule has 0 radical (unpaired) electrons. The van der Waals surface area contributed by atoms with Gasteiger partial charge in [0.05, 0.1) is 5.41 Å². The largest absolute Gasteiger partial charge is 0.481 e. The summed E-state index contributed by atoms with van der Waals surface area (Å²) >= 11 is 0. The summed E-state index contributed by atoms with van der Waals surface area (Å²) in [7, 11) is 2.10. The van der Waals surface area contributed by atoms with Crippen LogP contribution in [0.4, 0.5) is 0 Å². The summed E-state index contributed by atoms with van der Waals surface area (Å²) in [5.74, 6) is 2.05. The first-order chi connectivity index (χ1) is 9.59. The molecule has 3 aliphatic rings. The van der Waals surface area contributed by atoms with E-state index in [-0.39, 0.29) is 0 Å². The molecule has 0 spiro atoms. The Morgan fingerprint density at radius 1 is 1.30 bits per heavy atom. The maximum Gasteiger partial charge on any atom is 0.311 e. The molecule has 1 N–H and O–H groups in total. The highest BCUT2D eigenvalue weighted by atomic mass is 16.5. The predicted molar refractivity (Wildman–Crippen MR) is 76.6 cm³/mol. The molecule has 4 heteroatoms. The summed E-state index contributed by atoms with van der Waals surface area (Å²) in [4.78, 5) is 14.0. The second-order valence-electron chi connectivity index (χ2n) is 7.33. The van der Waals surface area contributed by atoms with E-state index in [0.29, 0.717) is 32.6 Å². The van der Waals surface area contributed by atoms with E-state index in [4.69, 9.17) is 4.74 Å². The lowest BCUT2D eigenvalue weighted by molar-refractivity contribution is -0.156. The van der Waals surface area contributed by atoms with Crippen molar-refractivity contribution in [3.8, 4) is 0 Å². The lowest BCUT2D eigenvalue weighted by Crippen LogP contribution is -2.46. The van der Waals surface area contributed by atoms with Gasteiger partial charge in [-0.15, -0.1) is 0 Å². The Labute approximate surface area is 121 Å². The molecular formula is C16H27NO3. The molecule has 2 saturated carbocycles. The van der Waals surface area contributed by atoms with E-state index in [2.05, 4.69) is 11.9 Å². The molecule has 1 saturated heterocycles. The normalized spacial score (nSPS) is 35.6. The summed E-state index contributed by atoms with van der Waals surface area (Å²) in [6.45, 7) is 2.94. The van der Waals surface area contributed by atoms with Gasteiger partial charge in [-0.1, -0.05) is 6.42 Å². The molecule has 1 aliphatic heterocycles. The zero-order valence-corrected chi connectivity index (χ0v) is 12.5. The first-order valence-electron chi connectivity index (χ1n) is 8.09. The van der Waals surface area contributed by atoms with Gasteiger partial charge in [-0.25, -0.2) is 0 Å². The quantitative estimate of drug-likeness (QED) is 0.839. The number of carboxylic acid groups (broad SMARTS) is 1. The Kier molecular flexibility index (Phi) is 4.04. The number of nitrogens with zero attached hydrogens (tertiary/aromatic N) is 1. The lowest BCUT2D eigenvalue weighted by Gasteiger charge is -2.37. The Bertz CT molecular complexity index is 365. The van der Waals surface area contributed by atoms with Gasteiger partial charge in [0.2, 0.25) is 0 Å². The zero-order chi connectivity index (χ0) is 14.2. The van der Waals surface area contributed by atoms with Crippen LogP contribution in [0.3, 0.4) is 0 Å². The Morgan fingerprint density at radius 2 is 2.05 bits per heavy atom. The summed E-state index contributed by atoms with van der Waals surface area (Å²) < 4.78 is 5.35. The monoisotopic (exact) mass is 281 g/mol. The summed E-state index contributed by atoms with van der Waals surface area (Å²) in [5, 5.41) is 9.62. The van der Waals surface area contributed by atoms with Crippen molar-refractivity contribution in [1.29, 1.82) is 0 Å². The molecule has 0 aromatic carbocycles. The van der Waals surface area contributed by atoms with E-state index in [0.717, 1.165) is 24.3 Å². The summed E-state index contributed by atoms with van der Waals surface area (Å²) in [6.07, 6.45) is 6.95. The van der Waals surface area contributed by atoms with Crippen LogP contribution in [0.2, 0.25) is 0 Å². The number of carbonyl (C=O) groups is 1. The second kappa shape index (κ2) is 5.64. The second-order valence-corrected chi connectivity index (χ2v) is 7.33. The van der Waals surface area contributed by atoms with Gasteiger partial charge in [0.1, 0.15) is 0 Å². The van der Waals surface area contributed by atoms with Crippen molar-refractivity contribution in [3.05, 3.63) is 0 Å². The maximum atomic E-state index is 11.7. The van der Waals surface area contributed by atoms with Crippen LogP contribution in [0.1, 0.15) is 38.5 Å². The van der Waals surface area contributed by atoms with Crippen LogP contribution in [-0.2, 0) is 9.53 Å². The van der Waals surface area contributed by atoms with Crippen molar-refractivity contribution in [2.24, 2.45) is 23.2 Å². The summed E-state index contributed by atoms with van der Waals surface area (Å²) in [6, 6.07) is 0. The maximum absolute atomic E-state index is 11.7. The molecule has 3 fully saturated rings. The van der Waals surface area contributed by atoms with E-state index in [1.165, 1.54) is 25.7 Å². The Hall–Kier alpha value is -0.610. The third-order valence-corrected chi connectivity index (χ3v) is 5.91. The Balaban J connectivity index is 1.56. The van der Waals surface area contributed by atoms with Gasteiger partial charge in [0.15, 0.2) is 0 Å². The number of ether oxygens (including phenoxy) is 1. The van der Waals surface area contributed by atoms with Crippen LogP contribution >= 0.6 is 0 Å². The Morgan fingerprint density at radius 3 is 2.60 bits per heavy atom. The van der Waals surface area contributed by atoms with Gasteiger partial charge in [0, 0.05) is 26.3 Å². The van der Waals surface area contributed by atoms with E-state index in [1.807, 2.05) is 0 Å². The minimum absolute atomic E-state index is 0.579. The van der Waals surface area contributed by atoms with Gasteiger partial charge >= 0.3 is 5.97 Å². The highest BCUT2D eigenvalue weighted by molar-refractivity contribution is 5.75. The van der Waals surface area contributed by atoms with Gasteiger partial charge < -0.3 is 14.7 Å². The van der Waals surface area contributed by atoms with Crippen LogP contribution in [0.25, 0.3) is 0 Å². The van der Waals surface area contributed by atoms with Crippen LogP contribution in [-0.4, -0.2) is 49.3 Å². The molecule has 4 nitrogen and oxygen atoms in total. The molecule has 3 rings (SSSR count). The molecule has 3 atom stereocenters. The van der Waals surface area contributed by atoms with Gasteiger partial charge in [0.25, 0.3) is 0 Å². The molecule has 2 bridgehead atoms. The third kappa shape index (κ3) is 2.73. The predicted octanol–water partition coefficient (Wildman–Crippen LogP) is 2.24. The molecule has 0 aromatic rings. The van der Waals surface area contributed by atoms with Gasteiger partial charge in [-0.3, -0.25) is 4.79 Å². The fraction of sp³-hybridized carbons (Fsp3) is 0.938. The van der Waals surface area contributed by atoms with E-state index in [9.17, 15) is 9.90 Å². The minimum Gasteiger partial charge on any atom is -0.481 e. The molecule has 20 heavy (non-hydrogen) atoms. The topological polar surface area (TPSA) is 49.8 Å². The third-order valence-electron chi connectivity index (χ3n) is 5.91. The number of hydrogen-bond donors (Lipinski definition) is 1. The number of rotatable bonds is 5. The summed E-state index contributed by atoms with van der Waals surface area (Å²) in [5.41, 5.74) is -0.579. The number of carboxylic acids is 1. The average Bonchev–Trinajstić information content (AvgIpc) is 3.01. The smallest absolute Gasteiger partial charge is 0.311 e. The molecule has 3 unspecified atom stereocenters. The first kappa shape index (κ1) is 14.3. The van der Waals surface area contributed by atoms with Crippen LogP contribution in [0, 0.1) is 23.2 Å². The fourth-order valence-electron chi connectivity index (χ4n) is 4.78. The zero-order valence-electron chi connectivity index (χ0n) is 12.5. The number of fused-ring (bicyclic) bond motifs is 2. The van der Waals surface area contributed by atoms with E-state index >= 15 is 0 Å². The SMILES string of the molecule is CN(CC1CC2CCC1C2)CC1(C(=O)O)CCOCC1. The molecule has 0 aromatic heterocycles. The molecule has 114 valence electrons.